The van der Waals surface area contributed by atoms with E-state index in [1.54, 1.807) is 12.1 Å². The van der Waals surface area contributed by atoms with E-state index in [0.717, 1.165) is 30.5 Å². The Kier molecular flexibility index (Phi) is 9.17. The highest BCUT2D eigenvalue weighted by Gasteiger charge is 2.43. The maximum Gasteiger partial charge on any atom is 0.387 e. The van der Waals surface area contributed by atoms with Gasteiger partial charge < -0.3 is 19.1 Å². The topological polar surface area (TPSA) is 77.4 Å². The molecule has 2 amide bonds. The van der Waals surface area contributed by atoms with Crippen LogP contribution in [-0.2, 0) is 4.79 Å². The van der Waals surface area contributed by atoms with Gasteiger partial charge in [-0.05, 0) is 50.2 Å². The lowest BCUT2D eigenvalue weighted by atomic mass is 9.88. The molecule has 1 fully saturated rings. The number of nitrogens with zero attached hydrogens (tertiary/aromatic N) is 2. The van der Waals surface area contributed by atoms with Crippen molar-refractivity contribution >= 4 is 35.3 Å². The fourth-order valence-corrected chi connectivity index (χ4v) is 4.72. The third kappa shape index (κ3) is 6.97. The molecule has 0 radical (unpaired) electrons. The zero-order chi connectivity index (χ0) is 29.8. The van der Waals surface area contributed by atoms with Crippen molar-refractivity contribution in [1.82, 2.24) is 0 Å². The number of hydrogen-bond acceptors (Lipinski definition) is 5. The Morgan fingerprint density at radius 1 is 1.00 bits per heavy atom. The minimum Gasteiger partial charge on any atom is -0.497 e. The summed E-state index contributed by atoms with van der Waals surface area (Å²) in [5, 5.41) is 0.274. The SMILES string of the molecule is COc1cc(F)c([C@@H]2CN(c3cc(Cl)cc(OC(C)C)c3)C(=O)C2C=NC(=O)c2ccc(OC(F)F)cc2)c(F)c1. The molecule has 0 saturated carbocycles. The largest absolute Gasteiger partial charge is 0.497 e. The van der Waals surface area contributed by atoms with Gasteiger partial charge in [0.1, 0.15) is 28.9 Å². The molecule has 2 atom stereocenters. The third-order valence-corrected chi connectivity index (χ3v) is 6.46. The van der Waals surface area contributed by atoms with E-state index >= 15 is 8.78 Å². The second-order valence-electron chi connectivity index (χ2n) is 9.38. The second kappa shape index (κ2) is 12.6. The maximum absolute atomic E-state index is 15.2. The Labute approximate surface area is 238 Å². The van der Waals surface area contributed by atoms with Crippen LogP contribution in [0.1, 0.15) is 35.7 Å². The van der Waals surface area contributed by atoms with E-state index in [4.69, 9.17) is 21.1 Å². The number of aliphatic imine (C=N–C) groups is 1. The van der Waals surface area contributed by atoms with E-state index in [1.165, 1.54) is 30.2 Å². The monoisotopic (exact) mass is 592 g/mol. The van der Waals surface area contributed by atoms with Gasteiger partial charge in [0, 0.05) is 58.7 Å². The standard InChI is InChI=1S/C29H25ClF4N2O5/c1-15(2)40-21-9-17(30)8-18(10-21)36-14-23(26-24(31)11-20(39-3)12-25(26)32)22(28(36)38)13-35-27(37)16-4-6-19(7-5-16)41-29(33)34/h4-13,15,22-23,29H,14H2,1-3H3/t22?,23-/m1/s1. The molecule has 12 heteroatoms. The van der Waals surface area contributed by atoms with Crippen LogP contribution in [-0.4, -0.2) is 44.4 Å². The van der Waals surface area contributed by atoms with E-state index < -0.39 is 41.9 Å². The summed E-state index contributed by atoms with van der Waals surface area (Å²) in [5.74, 6) is -5.40. The minimum absolute atomic E-state index is 0.0221. The molecule has 216 valence electrons. The average Bonchev–Trinajstić information content (AvgIpc) is 3.21. The summed E-state index contributed by atoms with van der Waals surface area (Å²) >= 11 is 6.27. The lowest BCUT2D eigenvalue weighted by Gasteiger charge is -2.19. The quantitative estimate of drug-likeness (QED) is 0.205. The van der Waals surface area contributed by atoms with Gasteiger partial charge in [-0.15, -0.1) is 0 Å². The Bertz CT molecular complexity index is 1440. The first kappa shape index (κ1) is 29.9. The van der Waals surface area contributed by atoms with Gasteiger partial charge in [0.25, 0.3) is 5.91 Å². The zero-order valence-corrected chi connectivity index (χ0v) is 22.9. The number of ether oxygens (including phenoxy) is 3. The normalized spacial score (nSPS) is 17.1. The average molecular weight is 593 g/mol. The summed E-state index contributed by atoms with van der Waals surface area (Å²) < 4.78 is 70.1. The van der Waals surface area contributed by atoms with Crippen molar-refractivity contribution in [2.75, 3.05) is 18.6 Å². The highest BCUT2D eigenvalue weighted by molar-refractivity contribution is 6.31. The number of carbonyl (C=O) groups is 2. The van der Waals surface area contributed by atoms with Crippen molar-refractivity contribution in [3.05, 3.63) is 82.4 Å². The molecule has 1 unspecified atom stereocenters. The Balaban J connectivity index is 1.70. The molecule has 3 aromatic carbocycles. The molecule has 7 nitrogen and oxygen atoms in total. The van der Waals surface area contributed by atoms with Crippen LogP contribution in [0.2, 0.25) is 5.02 Å². The molecular formula is C29H25ClF4N2O5. The number of halogens is 5. The number of carbonyl (C=O) groups excluding carboxylic acids is 2. The van der Waals surface area contributed by atoms with Crippen molar-refractivity contribution in [2.45, 2.75) is 32.5 Å². The molecule has 0 N–H and O–H groups in total. The van der Waals surface area contributed by atoms with Crippen LogP contribution in [0.5, 0.6) is 17.2 Å². The van der Waals surface area contributed by atoms with Crippen LogP contribution in [0.15, 0.2) is 59.6 Å². The number of methoxy groups -OCH3 is 1. The van der Waals surface area contributed by atoms with Crippen molar-refractivity contribution in [3.8, 4) is 17.2 Å². The summed E-state index contributed by atoms with van der Waals surface area (Å²) in [6.07, 6.45) is 0.852. The Hall–Kier alpha value is -4.12. The molecular weight excluding hydrogens is 568 g/mol. The number of amides is 2. The maximum atomic E-state index is 15.2. The molecule has 1 aliphatic heterocycles. The zero-order valence-electron chi connectivity index (χ0n) is 22.1. The molecule has 0 spiro atoms. The first-order valence-electron chi connectivity index (χ1n) is 12.4. The minimum atomic E-state index is -3.03. The van der Waals surface area contributed by atoms with Gasteiger partial charge in [0.2, 0.25) is 5.91 Å². The molecule has 1 aliphatic rings. The van der Waals surface area contributed by atoms with Crippen LogP contribution in [0.4, 0.5) is 23.2 Å². The number of benzene rings is 3. The second-order valence-corrected chi connectivity index (χ2v) is 9.82. The van der Waals surface area contributed by atoms with E-state index in [1.807, 2.05) is 13.8 Å². The van der Waals surface area contributed by atoms with Gasteiger partial charge in [-0.3, -0.25) is 9.59 Å². The van der Waals surface area contributed by atoms with E-state index in [-0.39, 0.29) is 40.3 Å². The van der Waals surface area contributed by atoms with E-state index in [0.29, 0.717) is 11.4 Å². The van der Waals surface area contributed by atoms with Crippen LogP contribution in [0, 0.1) is 17.6 Å². The summed E-state index contributed by atoms with van der Waals surface area (Å²) in [6.45, 7) is 0.435. The van der Waals surface area contributed by atoms with Gasteiger partial charge in [0.15, 0.2) is 0 Å². The molecule has 0 bridgehead atoms. The Morgan fingerprint density at radius 2 is 1.66 bits per heavy atom. The summed E-state index contributed by atoms with van der Waals surface area (Å²) in [7, 11) is 1.26. The van der Waals surface area contributed by atoms with Crippen molar-refractivity contribution in [1.29, 1.82) is 0 Å². The smallest absolute Gasteiger partial charge is 0.387 e. The molecule has 0 aromatic heterocycles. The van der Waals surface area contributed by atoms with Gasteiger partial charge in [-0.2, -0.15) is 8.78 Å². The third-order valence-electron chi connectivity index (χ3n) is 6.24. The number of hydrogen-bond donors (Lipinski definition) is 0. The van der Waals surface area contributed by atoms with Crippen LogP contribution >= 0.6 is 11.6 Å². The van der Waals surface area contributed by atoms with Crippen LogP contribution < -0.4 is 19.1 Å². The first-order chi connectivity index (χ1) is 19.5. The van der Waals surface area contributed by atoms with Crippen LogP contribution in [0.25, 0.3) is 0 Å². The molecule has 1 saturated heterocycles. The number of rotatable bonds is 9. The van der Waals surface area contributed by atoms with Gasteiger partial charge in [-0.1, -0.05) is 11.6 Å². The molecule has 4 rings (SSSR count). The highest BCUT2D eigenvalue weighted by atomic mass is 35.5. The number of anilines is 1. The van der Waals surface area contributed by atoms with Gasteiger partial charge >= 0.3 is 6.61 Å². The summed E-state index contributed by atoms with van der Waals surface area (Å²) in [4.78, 5) is 31.6. The predicted molar refractivity (Wildman–Crippen MR) is 145 cm³/mol. The lowest BCUT2D eigenvalue weighted by molar-refractivity contribution is -0.118. The predicted octanol–water partition coefficient (Wildman–Crippen LogP) is 6.67. The van der Waals surface area contributed by atoms with E-state index in [2.05, 4.69) is 9.73 Å². The van der Waals surface area contributed by atoms with Crippen LogP contribution in [0.3, 0.4) is 0 Å². The van der Waals surface area contributed by atoms with E-state index in [9.17, 15) is 18.4 Å². The van der Waals surface area contributed by atoms with Crippen molar-refractivity contribution in [3.63, 3.8) is 0 Å². The summed E-state index contributed by atoms with van der Waals surface area (Å²) in [5.41, 5.74) is -0.0251. The Morgan fingerprint density at radius 3 is 2.24 bits per heavy atom. The molecule has 0 aliphatic carbocycles. The van der Waals surface area contributed by atoms with Crippen molar-refractivity contribution < 1.29 is 41.4 Å². The van der Waals surface area contributed by atoms with Crippen molar-refractivity contribution in [2.24, 2.45) is 10.9 Å². The number of alkyl halides is 2. The van der Waals surface area contributed by atoms with Gasteiger partial charge in [0.05, 0.1) is 19.1 Å². The molecule has 41 heavy (non-hydrogen) atoms. The lowest BCUT2D eigenvalue weighted by Crippen LogP contribution is -2.27. The first-order valence-corrected chi connectivity index (χ1v) is 12.8. The fourth-order valence-electron chi connectivity index (χ4n) is 4.50. The summed E-state index contributed by atoms with van der Waals surface area (Å²) in [6, 6.07) is 11.4. The molecule has 1 heterocycles. The fraction of sp³-hybridized carbons (Fsp3) is 0.276. The molecule has 3 aromatic rings. The van der Waals surface area contributed by atoms with Gasteiger partial charge in [-0.25, -0.2) is 13.8 Å². The highest BCUT2D eigenvalue weighted by Crippen LogP contribution is 2.40.